The minimum Gasteiger partial charge on any atom is -0.481 e. The summed E-state index contributed by atoms with van der Waals surface area (Å²) in [4.78, 5) is 23.2. The predicted octanol–water partition coefficient (Wildman–Crippen LogP) is 5.59. The summed E-state index contributed by atoms with van der Waals surface area (Å²) in [6.07, 6.45) is 11.0. The number of carboxylic acids is 1. The second-order valence-corrected chi connectivity index (χ2v) is 7.37. The van der Waals surface area contributed by atoms with E-state index in [4.69, 9.17) is 4.74 Å². The Morgan fingerprint density at radius 1 is 0.833 bits per heavy atom. The van der Waals surface area contributed by atoms with Gasteiger partial charge in [0.05, 0.1) is 6.10 Å². The van der Waals surface area contributed by atoms with Gasteiger partial charge in [0.1, 0.15) is 0 Å². The zero-order chi connectivity index (χ0) is 18.4. The highest BCUT2D eigenvalue weighted by molar-refractivity contribution is 5.93. The molecule has 2 atom stereocenters. The molecule has 1 N–H and O–H groups in total. The van der Waals surface area contributed by atoms with Crippen molar-refractivity contribution in [3.63, 3.8) is 0 Å². The van der Waals surface area contributed by atoms with E-state index in [1.165, 1.54) is 25.7 Å². The largest absolute Gasteiger partial charge is 0.481 e. The summed E-state index contributed by atoms with van der Waals surface area (Å²) in [5.41, 5.74) is 0. The number of hydrogen-bond donors (Lipinski definition) is 1. The second kappa shape index (κ2) is 14.3. The third-order valence-electron chi connectivity index (χ3n) is 4.39. The van der Waals surface area contributed by atoms with Crippen LogP contribution in [0.4, 0.5) is 0 Å². The number of aliphatic carboxylic acids is 1. The zero-order valence-corrected chi connectivity index (χ0v) is 16.2. The first-order chi connectivity index (χ1) is 11.4. The molecule has 4 heteroatoms. The highest BCUT2D eigenvalue weighted by atomic mass is 16.5. The third kappa shape index (κ3) is 12.4. The van der Waals surface area contributed by atoms with Crippen molar-refractivity contribution < 1.29 is 19.4 Å². The maximum absolute atomic E-state index is 12.0. The highest BCUT2D eigenvalue weighted by Gasteiger charge is 2.28. The molecule has 0 bridgehead atoms. The zero-order valence-electron chi connectivity index (χ0n) is 16.2. The molecule has 0 aromatic rings. The van der Waals surface area contributed by atoms with Crippen LogP contribution in [0.3, 0.4) is 0 Å². The number of ether oxygens (including phenoxy) is 1. The quantitative estimate of drug-likeness (QED) is 0.239. The second-order valence-electron chi connectivity index (χ2n) is 7.37. The van der Waals surface area contributed by atoms with Gasteiger partial charge < -0.3 is 9.84 Å². The fourth-order valence-corrected chi connectivity index (χ4v) is 2.79. The molecule has 0 rings (SSSR count). The number of carbonyl (C=O) groups is 2. The Bertz CT molecular complexity index is 339. The fourth-order valence-electron chi connectivity index (χ4n) is 2.79. The van der Waals surface area contributed by atoms with Gasteiger partial charge in [-0.3, -0.25) is 9.59 Å². The lowest BCUT2D eigenvalue weighted by Gasteiger charge is -2.17. The van der Waals surface area contributed by atoms with Gasteiger partial charge in [-0.1, -0.05) is 72.1 Å². The average Bonchev–Trinajstić information content (AvgIpc) is 2.49. The molecule has 0 spiro atoms. The third-order valence-corrected chi connectivity index (χ3v) is 4.39. The van der Waals surface area contributed by atoms with Crippen molar-refractivity contribution in [3.05, 3.63) is 0 Å². The maximum Gasteiger partial charge on any atom is 0.320 e. The average molecular weight is 343 g/mol. The lowest BCUT2D eigenvalue weighted by atomic mass is 10.0. The molecule has 2 unspecified atom stereocenters. The number of unbranched alkanes of at least 4 members (excludes halogenated alkanes) is 6. The summed E-state index contributed by atoms with van der Waals surface area (Å²) in [7, 11) is 0. The number of esters is 1. The van der Waals surface area contributed by atoms with Crippen molar-refractivity contribution in [2.45, 2.75) is 104 Å². The molecule has 0 aromatic heterocycles. The van der Waals surface area contributed by atoms with Gasteiger partial charge in [0, 0.05) is 0 Å². The molecule has 24 heavy (non-hydrogen) atoms. The van der Waals surface area contributed by atoms with E-state index in [9.17, 15) is 14.7 Å². The molecule has 0 aliphatic rings. The van der Waals surface area contributed by atoms with Crippen LogP contribution in [0.25, 0.3) is 0 Å². The van der Waals surface area contributed by atoms with Gasteiger partial charge >= 0.3 is 11.9 Å². The van der Waals surface area contributed by atoms with E-state index in [1.807, 2.05) is 6.92 Å². The molecular formula is C20H38O4. The van der Waals surface area contributed by atoms with Crippen LogP contribution in [-0.4, -0.2) is 23.1 Å². The Morgan fingerprint density at radius 3 is 1.92 bits per heavy atom. The van der Waals surface area contributed by atoms with Gasteiger partial charge in [0.25, 0.3) is 0 Å². The number of rotatable bonds is 15. The van der Waals surface area contributed by atoms with Crippen molar-refractivity contribution >= 4 is 11.9 Å². The number of hydrogen-bond acceptors (Lipinski definition) is 3. The van der Waals surface area contributed by atoms with Crippen LogP contribution >= 0.6 is 0 Å². The van der Waals surface area contributed by atoms with E-state index in [1.54, 1.807) is 0 Å². The Kier molecular flexibility index (Phi) is 13.7. The molecular weight excluding hydrogens is 304 g/mol. The molecule has 0 amide bonds. The molecule has 0 aromatic carbocycles. The summed E-state index contributed by atoms with van der Waals surface area (Å²) >= 11 is 0. The molecule has 4 nitrogen and oxygen atoms in total. The first-order valence-corrected chi connectivity index (χ1v) is 9.81. The summed E-state index contributed by atoms with van der Waals surface area (Å²) in [6, 6.07) is 0. The smallest absolute Gasteiger partial charge is 0.320 e. The molecule has 0 heterocycles. The lowest BCUT2D eigenvalue weighted by molar-refractivity contribution is -0.162. The molecule has 142 valence electrons. The molecule has 0 saturated carbocycles. The monoisotopic (exact) mass is 342 g/mol. The lowest BCUT2D eigenvalue weighted by Crippen LogP contribution is -2.28. The maximum atomic E-state index is 12.0. The van der Waals surface area contributed by atoms with Crippen molar-refractivity contribution in [2.24, 2.45) is 11.8 Å². The Morgan fingerprint density at radius 2 is 1.38 bits per heavy atom. The van der Waals surface area contributed by atoms with Crippen LogP contribution in [0, 0.1) is 11.8 Å². The first kappa shape index (κ1) is 22.9. The van der Waals surface area contributed by atoms with Crippen LogP contribution < -0.4 is 0 Å². The van der Waals surface area contributed by atoms with Crippen LogP contribution in [0.2, 0.25) is 0 Å². The van der Waals surface area contributed by atoms with E-state index < -0.39 is 17.9 Å². The number of carbonyl (C=O) groups excluding carboxylic acids is 1. The fraction of sp³-hybridized carbons (Fsp3) is 0.900. The molecule has 0 fully saturated rings. The van der Waals surface area contributed by atoms with E-state index in [0.29, 0.717) is 6.42 Å². The summed E-state index contributed by atoms with van der Waals surface area (Å²) in [5.74, 6) is -1.85. The van der Waals surface area contributed by atoms with Gasteiger partial charge in [0.15, 0.2) is 5.92 Å². The van der Waals surface area contributed by atoms with Gasteiger partial charge in [-0.2, -0.15) is 0 Å². The van der Waals surface area contributed by atoms with Crippen molar-refractivity contribution in [1.82, 2.24) is 0 Å². The normalized spacial score (nSPS) is 13.7. The molecule has 0 aliphatic carbocycles. The topological polar surface area (TPSA) is 63.6 Å². The van der Waals surface area contributed by atoms with E-state index in [2.05, 4.69) is 20.8 Å². The summed E-state index contributed by atoms with van der Waals surface area (Å²) in [5, 5.41) is 9.19. The van der Waals surface area contributed by atoms with E-state index in [0.717, 1.165) is 44.4 Å². The summed E-state index contributed by atoms with van der Waals surface area (Å²) in [6.45, 7) is 8.42. The van der Waals surface area contributed by atoms with Crippen molar-refractivity contribution in [1.29, 1.82) is 0 Å². The van der Waals surface area contributed by atoms with Gasteiger partial charge in [0.2, 0.25) is 0 Å². The Balaban J connectivity index is 3.88. The van der Waals surface area contributed by atoms with Gasteiger partial charge in [-0.15, -0.1) is 0 Å². The molecule has 0 saturated heterocycles. The van der Waals surface area contributed by atoms with Gasteiger partial charge in [-0.05, 0) is 32.1 Å². The van der Waals surface area contributed by atoms with Crippen molar-refractivity contribution in [2.75, 3.05) is 0 Å². The van der Waals surface area contributed by atoms with E-state index >= 15 is 0 Å². The Labute approximate surface area is 148 Å². The Hall–Kier alpha value is -1.06. The summed E-state index contributed by atoms with van der Waals surface area (Å²) < 4.78 is 5.34. The van der Waals surface area contributed by atoms with Crippen LogP contribution in [0.5, 0.6) is 0 Å². The predicted molar refractivity (Wildman–Crippen MR) is 98.0 cm³/mol. The minimum atomic E-state index is -1.06. The van der Waals surface area contributed by atoms with Crippen LogP contribution in [0.1, 0.15) is 98.3 Å². The SMILES string of the molecule is CCCCCC(C(=O)O)C(=O)OC(C)CCCCCCCC(C)C. The molecule has 0 aliphatic heterocycles. The minimum absolute atomic E-state index is 0.193. The van der Waals surface area contributed by atoms with Crippen LogP contribution in [-0.2, 0) is 14.3 Å². The number of carboxylic acid groups (broad SMARTS) is 1. The highest BCUT2D eigenvalue weighted by Crippen LogP contribution is 2.16. The van der Waals surface area contributed by atoms with Gasteiger partial charge in [-0.25, -0.2) is 0 Å². The van der Waals surface area contributed by atoms with E-state index in [-0.39, 0.29) is 6.10 Å². The molecule has 0 radical (unpaired) electrons. The van der Waals surface area contributed by atoms with Crippen molar-refractivity contribution in [3.8, 4) is 0 Å². The van der Waals surface area contributed by atoms with Crippen LogP contribution in [0.15, 0.2) is 0 Å². The standard InChI is InChI=1S/C20H38O4/c1-5-6-10-15-18(19(21)22)20(23)24-17(4)14-12-9-7-8-11-13-16(2)3/h16-18H,5-15H2,1-4H3,(H,21,22). The first-order valence-electron chi connectivity index (χ1n) is 9.81.